The van der Waals surface area contributed by atoms with Crippen molar-refractivity contribution in [2.45, 2.75) is 26.8 Å². The molecule has 6 nitrogen and oxygen atoms in total. The fraction of sp³-hybridized carbons (Fsp3) is 0.185. The number of ether oxygens (including phenoxy) is 1. The maximum Gasteiger partial charge on any atom is 0.295 e. The van der Waals surface area contributed by atoms with Gasteiger partial charge in [-0.05, 0) is 86.0 Å². The highest BCUT2D eigenvalue weighted by atomic mass is 16.5. The first-order chi connectivity index (χ1) is 15.9. The van der Waals surface area contributed by atoms with Gasteiger partial charge in [-0.3, -0.25) is 14.5 Å². The van der Waals surface area contributed by atoms with E-state index in [1.54, 1.807) is 59.5 Å². The predicted molar refractivity (Wildman–Crippen MR) is 126 cm³/mol. The Kier molecular flexibility index (Phi) is 4.93. The Balaban J connectivity index is 1.75. The van der Waals surface area contributed by atoms with Crippen molar-refractivity contribution in [1.29, 1.82) is 0 Å². The molecular formula is C27H23NO5. The zero-order valence-corrected chi connectivity index (χ0v) is 18.6. The third kappa shape index (κ3) is 3.35. The van der Waals surface area contributed by atoms with E-state index in [0.29, 0.717) is 40.1 Å². The molecule has 0 bridgehead atoms. The van der Waals surface area contributed by atoms with Crippen LogP contribution in [0.25, 0.3) is 11.0 Å². The molecule has 1 aliphatic heterocycles. The van der Waals surface area contributed by atoms with E-state index >= 15 is 0 Å². The summed E-state index contributed by atoms with van der Waals surface area (Å²) in [5, 5.41) is 10.2. The number of hydrogen-bond acceptors (Lipinski definition) is 5. The summed E-state index contributed by atoms with van der Waals surface area (Å²) in [6.45, 7) is 6.32. The number of carbonyl (C=O) groups is 1. The van der Waals surface area contributed by atoms with Gasteiger partial charge in [-0.15, -0.1) is 0 Å². The smallest absolute Gasteiger partial charge is 0.295 e. The minimum atomic E-state index is -0.687. The number of nitrogens with zero attached hydrogens (tertiary/aromatic N) is 1. The largest absolute Gasteiger partial charge is 0.508 e. The highest BCUT2D eigenvalue weighted by molar-refractivity contribution is 6.10. The fourth-order valence-electron chi connectivity index (χ4n) is 4.34. The van der Waals surface area contributed by atoms with E-state index in [0.717, 1.165) is 11.1 Å². The molecule has 1 atom stereocenters. The van der Waals surface area contributed by atoms with Gasteiger partial charge in [-0.2, -0.15) is 0 Å². The summed E-state index contributed by atoms with van der Waals surface area (Å²) >= 11 is 0. The van der Waals surface area contributed by atoms with Crippen LogP contribution in [0.5, 0.6) is 11.5 Å². The van der Waals surface area contributed by atoms with E-state index in [9.17, 15) is 14.7 Å². The van der Waals surface area contributed by atoms with Gasteiger partial charge < -0.3 is 14.3 Å². The molecule has 1 amide bonds. The third-order valence-electron chi connectivity index (χ3n) is 6.12. The number of rotatable bonds is 4. The van der Waals surface area contributed by atoms with Crippen LogP contribution in [-0.2, 0) is 0 Å². The molecule has 0 spiro atoms. The topological polar surface area (TPSA) is 80.0 Å². The van der Waals surface area contributed by atoms with Crippen LogP contribution in [0.3, 0.4) is 0 Å². The van der Waals surface area contributed by atoms with E-state index in [-0.39, 0.29) is 22.8 Å². The van der Waals surface area contributed by atoms with Crippen LogP contribution in [0.15, 0.2) is 69.9 Å². The number of phenols is 1. The van der Waals surface area contributed by atoms with E-state index in [4.69, 9.17) is 9.15 Å². The Bertz CT molecular complexity index is 1440. The van der Waals surface area contributed by atoms with Gasteiger partial charge in [0, 0.05) is 5.69 Å². The summed E-state index contributed by atoms with van der Waals surface area (Å²) in [7, 11) is 0. The highest BCUT2D eigenvalue weighted by Gasteiger charge is 2.43. The normalized spacial score (nSPS) is 15.2. The summed E-state index contributed by atoms with van der Waals surface area (Å²) in [6, 6.07) is 16.6. The molecule has 1 N–H and O–H groups in total. The minimum absolute atomic E-state index is 0.0442. The fourth-order valence-corrected chi connectivity index (χ4v) is 4.34. The van der Waals surface area contributed by atoms with Crippen molar-refractivity contribution in [1.82, 2.24) is 0 Å². The summed E-state index contributed by atoms with van der Waals surface area (Å²) in [6.07, 6.45) is 0. The summed E-state index contributed by atoms with van der Waals surface area (Å²) in [4.78, 5) is 28.9. The maximum atomic E-state index is 13.7. The number of phenolic OH excluding ortho intramolecular Hbond substituents is 1. The number of benzene rings is 3. The predicted octanol–water partition coefficient (Wildman–Crippen LogP) is 5.26. The second-order valence-electron chi connectivity index (χ2n) is 8.20. The molecule has 33 heavy (non-hydrogen) atoms. The van der Waals surface area contributed by atoms with Gasteiger partial charge in [0.05, 0.1) is 23.6 Å². The highest BCUT2D eigenvalue weighted by Crippen LogP contribution is 2.42. The summed E-state index contributed by atoms with van der Waals surface area (Å²) in [5.74, 6) is 0.456. The lowest BCUT2D eigenvalue weighted by atomic mass is 9.97. The van der Waals surface area contributed by atoms with E-state index in [1.165, 1.54) is 0 Å². The average Bonchev–Trinajstić information content (AvgIpc) is 3.09. The number of fused-ring (bicyclic) bond motifs is 2. The maximum absolute atomic E-state index is 13.7. The van der Waals surface area contributed by atoms with Gasteiger partial charge in [0.1, 0.15) is 17.1 Å². The molecule has 6 heteroatoms. The third-order valence-corrected chi connectivity index (χ3v) is 6.12. The zero-order chi connectivity index (χ0) is 23.3. The Morgan fingerprint density at radius 3 is 2.30 bits per heavy atom. The van der Waals surface area contributed by atoms with Crippen LogP contribution < -0.4 is 15.1 Å². The van der Waals surface area contributed by atoms with Crippen molar-refractivity contribution in [3.8, 4) is 11.5 Å². The number of amides is 1. The number of hydrogen-bond donors (Lipinski definition) is 1. The second-order valence-corrected chi connectivity index (χ2v) is 8.20. The average molecular weight is 441 g/mol. The van der Waals surface area contributed by atoms with Crippen LogP contribution in [0, 0.1) is 13.8 Å². The molecule has 1 aliphatic rings. The Hall–Kier alpha value is -4.06. The minimum Gasteiger partial charge on any atom is -0.508 e. The standard InChI is InChI=1S/C27H23NO5/c1-4-32-20-11-7-18(8-12-20)28-24(17-5-9-19(29)10-6-17)23-25(30)21-13-15(2)16(3)14-22(21)33-26(23)27(28)31/h5-14,24,29H,4H2,1-3H3. The molecule has 1 aromatic heterocycles. The van der Waals surface area contributed by atoms with Crippen molar-refractivity contribution in [3.05, 3.63) is 98.9 Å². The van der Waals surface area contributed by atoms with Gasteiger partial charge in [0.25, 0.3) is 5.91 Å². The van der Waals surface area contributed by atoms with E-state index < -0.39 is 6.04 Å². The van der Waals surface area contributed by atoms with Gasteiger partial charge in [-0.1, -0.05) is 12.1 Å². The van der Waals surface area contributed by atoms with Crippen LogP contribution in [-0.4, -0.2) is 17.6 Å². The lowest BCUT2D eigenvalue weighted by Crippen LogP contribution is -2.29. The van der Waals surface area contributed by atoms with Gasteiger partial charge >= 0.3 is 0 Å². The summed E-state index contributed by atoms with van der Waals surface area (Å²) in [5.41, 5.74) is 3.74. The lowest BCUT2D eigenvalue weighted by molar-refractivity contribution is 0.0971. The second kappa shape index (κ2) is 7.81. The SMILES string of the molecule is CCOc1ccc(N2C(=O)c3oc4cc(C)c(C)cc4c(=O)c3C2c2ccc(O)cc2)cc1. The van der Waals surface area contributed by atoms with E-state index in [2.05, 4.69) is 0 Å². The lowest BCUT2D eigenvalue weighted by Gasteiger charge is -2.25. The number of aryl methyl sites for hydroxylation is 2. The molecular weight excluding hydrogens is 418 g/mol. The Labute approximate surface area is 190 Å². The number of carbonyl (C=O) groups excluding carboxylic acids is 1. The molecule has 1 unspecified atom stereocenters. The van der Waals surface area contributed by atoms with Crippen molar-refractivity contribution in [3.63, 3.8) is 0 Å². The monoisotopic (exact) mass is 441 g/mol. The number of anilines is 1. The van der Waals surface area contributed by atoms with Gasteiger partial charge in [-0.25, -0.2) is 0 Å². The van der Waals surface area contributed by atoms with Crippen LogP contribution in [0.2, 0.25) is 0 Å². The Morgan fingerprint density at radius 1 is 0.970 bits per heavy atom. The van der Waals surface area contributed by atoms with Crippen LogP contribution >= 0.6 is 0 Å². The Morgan fingerprint density at radius 2 is 1.64 bits per heavy atom. The van der Waals surface area contributed by atoms with Crippen LogP contribution in [0.4, 0.5) is 5.69 Å². The molecule has 0 radical (unpaired) electrons. The quantitative estimate of drug-likeness (QED) is 0.467. The molecule has 0 fully saturated rings. The first-order valence-corrected chi connectivity index (χ1v) is 10.8. The van der Waals surface area contributed by atoms with Gasteiger partial charge in [0.15, 0.2) is 5.43 Å². The molecule has 4 aromatic rings. The first-order valence-electron chi connectivity index (χ1n) is 10.8. The van der Waals surface area contributed by atoms with Gasteiger partial charge in [0.2, 0.25) is 5.76 Å². The molecule has 0 saturated carbocycles. The molecule has 5 rings (SSSR count). The molecule has 2 heterocycles. The van der Waals surface area contributed by atoms with Crippen LogP contribution in [0.1, 0.15) is 45.8 Å². The van der Waals surface area contributed by atoms with Crippen molar-refractivity contribution < 1.29 is 19.1 Å². The molecule has 166 valence electrons. The molecule has 3 aromatic carbocycles. The molecule has 0 saturated heterocycles. The van der Waals surface area contributed by atoms with Crippen molar-refractivity contribution in [2.24, 2.45) is 0 Å². The van der Waals surface area contributed by atoms with Crippen molar-refractivity contribution in [2.75, 3.05) is 11.5 Å². The van der Waals surface area contributed by atoms with E-state index in [1.807, 2.05) is 26.8 Å². The van der Waals surface area contributed by atoms with Crippen molar-refractivity contribution >= 4 is 22.6 Å². The summed E-state index contributed by atoms with van der Waals surface area (Å²) < 4.78 is 11.6. The molecule has 0 aliphatic carbocycles. The first kappa shape index (κ1) is 20.8. The number of aromatic hydroxyl groups is 1. The zero-order valence-electron chi connectivity index (χ0n) is 18.6.